The van der Waals surface area contributed by atoms with Gasteiger partial charge in [0, 0.05) is 28.4 Å². The predicted octanol–water partition coefficient (Wildman–Crippen LogP) is 1.34. The molecular formula is C10H26O4S3Si2. The minimum Gasteiger partial charge on any atom is -0.357 e. The lowest BCUT2D eigenvalue weighted by molar-refractivity contribution is -0.126. The lowest BCUT2D eigenvalue weighted by atomic mass is 10.7. The van der Waals surface area contributed by atoms with Crippen molar-refractivity contribution in [3.63, 3.8) is 0 Å². The fraction of sp³-hybridized carbons (Fsp3) is 1.00. The summed E-state index contributed by atoms with van der Waals surface area (Å²) >= 11 is 0. The SMILES string of the molecule is COC(CSSSCC(OC)(OC)[SiH2]C)(OC)[SiH2]C. The lowest BCUT2D eigenvalue weighted by Crippen LogP contribution is -2.42. The van der Waals surface area contributed by atoms with Crippen LogP contribution in [0, 0.1) is 0 Å². The highest BCUT2D eigenvalue weighted by Crippen LogP contribution is 2.39. The summed E-state index contributed by atoms with van der Waals surface area (Å²) in [6.07, 6.45) is 0. The molecule has 0 spiro atoms. The van der Waals surface area contributed by atoms with Gasteiger partial charge in [-0.2, -0.15) is 0 Å². The van der Waals surface area contributed by atoms with Gasteiger partial charge in [0.25, 0.3) is 0 Å². The van der Waals surface area contributed by atoms with Crippen LogP contribution in [0.2, 0.25) is 13.1 Å². The zero-order valence-corrected chi connectivity index (χ0v) is 18.0. The molecule has 0 aromatic rings. The topological polar surface area (TPSA) is 36.9 Å². The van der Waals surface area contributed by atoms with Gasteiger partial charge in [-0.3, -0.25) is 0 Å². The summed E-state index contributed by atoms with van der Waals surface area (Å²) in [5.74, 6) is 1.72. The summed E-state index contributed by atoms with van der Waals surface area (Å²) in [6, 6.07) is 0. The highest BCUT2D eigenvalue weighted by Gasteiger charge is 2.29. The smallest absolute Gasteiger partial charge is 0.153 e. The molecule has 0 aliphatic heterocycles. The normalized spacial score (nSPS) is 14.2. The molecule has 19 heavy (non-hydrogen) atoms. The van der Waals surface area contributed by atoms with Crippen molar-refractivity contribution in [2.45, 2.75) is 23.9 Å². The zero-order chi connectivity index (χ0) is 14.8. The van der Waals surface area contributed by atoms with Crippen LogP contribution in [-0.2, 0) is 18.9 Å². The standard InChI is InChI=1S/C10H26O4S3Si2/c1-11-9(12-2,18-5)7-15-17-16-8-10(13-3,14-4)19-6/h7-8,18-19H2,1-6H3. The molecule has 4 nitrogen and oxygen atoms in total. The number of rotatable bonds is 12. The minimum atomic E-state index is -0.384. The van der Waals surface area contributed by atoms with Gasteiger partial charge in [-0.15, -0.1) is 0 Å². The summed E-state index contributed by atoms with van der Waals surface area (Å²) in [5.41, 5.74) is -0.672. The van der Waals surface area contributed by atoms with Crippen LogP contribution in [-0.4, -0.2) is 69.8 Å². The summed E-state index contributed by atoms with van der Waals surface area (Å²) in [4.78, 5) is 0. The number of ether oxygens (including phenoxy) is 4. The highest BCUT2D eigenvalue weighted by molar-refractivity contribution is 9.09. The fourth-order valence-electron chi connectivity index (χ4n) is 1.45. The minimum absolute atomic E-state index is 0.336. The third-order valence-corrected chi connectivity index (χ3v) is 12.1. The van der Waals surface area contributed by atoms with Gasteiger partial charge in [0.2, 0.25) is 0 Å². The van der Waals surface area contributed by atoms with E-state index in [4.69, 9.17) is 18.9 Å². The van der Waals surface area contributed by atoms with Gasteiger partial charge in [-0.25, -0.2) is 0 Å². The van der Waals surface area contributed by atoms with Crippen LogP contribution >= 0.6 is 31.4 Å². The van der Waals surface area contributed by atoms with Gasteiger partial charge < -0.3 is 18.9 Å². The summed E-state index contributed by atoms with van der Waals surface area (Å²) in [7, 11) is 11.4. The number of methoxy groups -OCH3 is 4. The van der Waals surface area contributed by atoms with Crippen molar-refractivity contribution in [3.8, 4) is 0 Å². The first-order valence-corrected chi connectivity index (χ1v) is 14.3. The fourth-order valence-corrected chi connectivity index (χ4v) is 9.78. The Morgan fingerprint density at radius 1 is 0.737 bits per heavy atom. The maximum atomic E-state index is 5.50. The Morgan fingerprint density at radius 3 is 1.26 bits per heavy atom. The van der Waals surface area contributed by atoms with E-state index in [1.165, 1.54) is 0 Å². The van der Waals surface area contributed by atoms with E-state index in [-0.39, 0.29) is 29.9 Å². The lowest BCUT2D eigenvalue weighted by Gasteiger charge is -2.30. The zero-order valence-electron chi connectivity index (χ0n) is 12.7. The number of hydrogen-bond donors (Lipinski definition) is 0. The van der Waals surface area contributed by atoms with Crippen molar-refractivity contribution in [2.24, 2.45) is 0 Å². The predicted molar refractivity (Wildman–Crippen MR) is 94.8 cm³/mol. The second-order valence-electron chi connectivity index (χ2n) is 3.94. The van der Waals surface area contributed by atoms with Crippen LogP contribution in [0.3, 0.4) is 0 Å². The van der Waals surface area contributed by atoms with E-state index in [0.717, 1.165) is 11.5 Å². The average molecular weight is 363 g/mol. The molecule has 0 saturated carbocycles. The molecule has 0 bridgehead atoms. The second-order valence-corrected chi connectivity index (χ2v) is 11.7. The molecule has 0 aromatic carbocycles. The molecule has 9 heteroatoms. The van der Waals surface area contributed by atoms with Crippen molar-refractivity contribution in [2.75, 3.05) is 39.9 Å². The first-order chi connectivity index (χ1) is 9.07. The quantitative estimate of drug-likeness (QED) is 0.224. The molecule has 0 rings (SSSR count). The Morgan fingerprint density at radius 2 is 1.05 bits per heavy atom. The highest BCUT2D eigenvalue weighted by atomic mass is 33.5. The van der Waals surface area contributed by atoms with Gasteiger partial charge in [-0.1, -0.05) is 34.7 Å². The number of hydrogen-bond acceptors (Lipinski definition) is 7. The first-order valence-electron chi connectivity index (χ1n) is 6.19. The van der Waals surface area contributed by atoms with Crippen molar-refractivity contribution in [3.05, 3.63) is 0 Å². The second kappa shape index (κ2) is 11.0. The molecule has 116 valence electrons. The van der Waals surface area contributed by atoms with Gasteiger partial charge in [0.05, 0.1) is 30.5 Å². The van der Waals surface area contributed by atoms with Crippen molar-refractivity contribution >= 4 is 50.5 Å². The Labute approximate surface area is 133 Å². The van der Waals surface area contributed by atoms with Crippen LogP contribution in [0.4, 0.5) is 0 Å². The van der Waals surface area contributed by atoms with Crippen LogP contribution in [0.1, 0.15) is 0 Å². The molecule has 0 saturated heterocycles. The van der Waals surface area contributed by atoms with E-state index >= 15 is 0 Å². The van der Waals surface area contributed by atoms with E-state index in [1.54, 1.807) is 59.9 Å². The third-order valence-electron chi connectivity index (χ3n) is 3.22. The summed E-state index contributed by atoms with van der Waals surface area (Å²) < 4.78 is 22.0. The molecule has 0 fully saturated rings. The molecule has 0 unspecified atom stereocenters. The summed E-state index contributed by atoms with van der Waals surface area (Å²) in [5, 5.41) is 0. The van der Waals surface area contributed by atoms with Crippen molar-refractivity contribution < 1.29 is 18.9 Å². The van der Waals surface area contributed by atoms with Gasteiger partial charge in [0.15, 0.2) is 10.8 Å². The van der Waals surface area contributed by atoms with E-state index in [2.05, 4.69) is 13.1 Å². The van der Waals surface area contributed by atoms with E-state index < -0.39 is 0 Å². The van der Waals surface area contributed by atoms with Gasteiger partial charge >= 0.3 is 0 Å². The van der Waals surface area contributed by atoms with Crippen molar-refractivity contribution in [1.29, 1.82) is 0 Å². The van der Waals surface area contributed by atoms with Crippen LogP contribution in [0.15, 0.2) is 0 Å². The molecule has 0 radical (unpaired) electrons. The molecule has 0 aromatic heterocycles. The molecule has 0 aliphatic rings. The third kappa shape index (κ3) is 6.74. The largest absolute Gasteiger partial charge is 0.357 e. The average Bonchev–Trinajstić information content (AvgIpc) is 2.48. The van der Waals surface area contributed by atoms with E-state index in [1.807, 2.05) is 0 Å². The maximum Gasteiger partial charge on any atom is 0.153 e. The molecule has 0 amide bonds. The van der Waals surface area contributed by atoms with Crippen LogP contribution in [0.5, 0.6) is 0 Å². The Bertz CT molecular complexity index is 190. The Kier molecular flexibility index (Phi) is 11.7. The first kappa shape index (κ1) is 20.3. The molecule has 0 atom stereocenters. The van der Waals surface area contributed by atoms with Crippen molar-refractivity contribution in [1.82, 2.24) is 0 Å². The van der Waals surface area contributed by atoms with Gasteiger partial charge in [0.1, 0.15) is 0 Å². The monoisotopic (exact) mass is 362 g/mol. The van der Waals surface area contributed by atoms with Gasteiger partial charge in [-0.05, 0) is 9.83 Å². The Balaban J connectivity index is 3.98. The van der Waals surface area contributed by atoms with Crippen LogP contribution in [0.25, 0.3) is 0 Å². The molecule has 0 aliphatic carbocycles. The Hall–Kier alpha value is 1.32. The maximum absolute atomic E-state index is 5.50. The molecular weight excluding hydrogens is 336 g/mol. The van der Waals surface area contributed by atoms with Crippen LogP contribution < -0.4 is 0 Å². The van der Waals surface area contributed by atoms with E-state index in [0.29, 0.717) is 0 Å². The molecule has 0 N–H and O–H groups in total. The molecule has 0 heterocycles. The summed E-state index contributed by atoms with van der Waals surface area (Å²) in [6.45, 7) is 4.41. The van der Waals surface area contributed by atoms with E-state index in [9.17, 15) is 0 Å².